The van der Waals surface area contributed by atoms with Crippen molar-refractivity contribution in [3.63, 3.8) is 0 Å². The number of aromatic nitrogens is 1. The summed E-state index contributed by atoms with van der Waals surface area (Å²) in [6, 6.07) is 10.9. The van der Waals surface area contributed by atoms with Gasteiger partial charge in [0.05, 0.1) is 30.7 Å². The van der Waals surface area contributed by atoms with Crippen LogP contribution in [0.15, 0.2) is 42.6 Å². The lowest BCUT2D eigenvalue weighted by atomic mass is 9.89. The Morgan fingerprint density at radius 2 is 1.96 bits per heavy atom. The van der Waals surface area contributed by atoms with Gasteiger partial charge in [-0.15, -0.1) is 0 Å². The lowest BCUT2D eigenvalue weighted by Gasteiger charge is -2.33. The second-order valence-corrected chi connectivity index (χ2v) is 6.91. The van der Waals surface area contributed by atoms with Crippen molar-refractivity contribution in [2.45, 2.75) is 18.9 Å². The third-order valence-electron chi connectivity index (χ3n) is 4.90. The fourth-order valence-electron chi connectivity index (χ4n) is 3.36. The molecule has 1 aromatic heterocycles. The van der Waals surface area contributed by atoms with E-state index >= 15 is 0 Å². The number of carbonyl (C=O) groups is 2. The Labute approximate surface area is 157 Å². The molecule has 4 rings (SSSR count). The van der Waals surface area contributed by atoms with Crippen LogP contribution in [0.1, 0.15) is 22.8 Å². The lowest BCUT2D eigenvalue weighted by Crippen LogP contribution is -2.48. The van der Waals surface area contributed by atoms with Crippen molar-refractivity contribution in [2.24, 2.45) is 0 Å². The molecule has 1 N–H and O–H groups in total. The highest BCUT2D eigenvalue weighted by molar-refractivity contribution is 6.02. The van der Waals surface area contributed by atoms with Gasteiger partial charge in [-0.25, -0.2) is 9.78 Å². The minimum atomic E-state index is -1.26. The molecule has 1 atom stereocenters. The van der Waals surface area contributed by atoms with Gasteiger partial charge in [-0.2, -0.15) is 0 Å². The third kappa shape index (κ3) is 3.50. The van der Waals surface area contributed by atoms with E-state index in [1.165, 1.54) is 0 Å². The van der Waals surface area contributed by atoms with E-state index in [0.29, 0.717) is 30.9 Å². The predicted octanol–water partition coefficient (Wildman–Crippen LogP) is 2.03. The van der Waals surface area contributed by atoms with Crippen molar-refractivity contribution in [1.29, 1.82) is 0 Å². The number of morpholine rings is 1. The minimum absolute atomic E-state index is 0.333. The number of hydrogen-bond acceptors (Lipinski definition) is 6. The molecule has 0 saturated carbocycles. The van der Waals surface area contributed by atoms with E-state index in [2.05, 4.69) is 15.2 Å². The molecule has 0 radical (unpaired) electrons. The number of benzene rings is 1. The first-order chi connectivity index (χ1) is 13.0. The molecule has 2 aliphatic rings. The van der Waals surface area contributed by atoms with Gasteiger partial charge in [-0.3, -0.25) is 4.79 Å². The van der Waals surface area contributed by atoms with Crippen LogP contribution in [0.4, 0.5) is 11.5 Å². The van der Waals surface area contributed by atoms with Crippen molar-refractivity contribution >= 4 is 23.4 Å². The van der Waals surface area contributed by atoms with Crippen LogP contribution in [-0.4, -0.2) is 48.8 Å². The van der Waals surface area contributed by atoms with Crippen LogP contribution >= 0.6 is 0 Å². The molecule has 1 unspecified atom stereocenters. The third-order valence-corrected chi connectivity index (χ3v) is 4.90. The minimum Gasteiger partial charge on any atom is -0.445 e. The lowest BCUT2D eigenvalue weighted by molar-refractivity contribution is -0.134. The molecular formula is C20H21N3O4. The second-order valence-electron chi connectivity index (χ2n) is 6.91. The van der Waals surface area contributed by atoms with Gasteiger partial charge in [0.15, 0.2) is 5.60 Å². The smallest absolute Gasteiger partial charge is 0.339 e. The van der Waals surface area contributed by atoms with Gasteiger partial charge < -0.3 is 19.7 Å². The number of nitrogens with one attached hydrogen (secondary N) is 1. The first-order valence-corrected chi connectivity index (χ1v) is 8.97. The number of esters is 1. The Morgan fingerprint density at radius 3 is 2.70 bits per heavy atom. The maximum Gasteiger partial charge on any atom is 0.339 e. The van der Waals surface area contributed by atoms with Gasteiger partial charge in [0.1, 0.15) is 5.82 Å². The highest BCUT2D eigenvalue weighted by Gasteiger charge is 2.42. The quantitative estimate of drug-likeness (QED) is 0.836. The normalized spacial score (nSPS) is 22.0. The van der Waals surface area contributed by atoms with Gasteiger partial charge in [0, 0.05) is 19.5 Å². The maximum absolute atomic E-state index is 12.8. The summed E-state index contributed by atoms with van der Waals surface area (Å²) in [5.74, 6) is 0.00194. The van der Waals surface area contributed by atoms with E-state index in [9.17, 15) is 9.59 Å². The van der Waals surface area contributed by atoms with Crippen molar-refractivity contribution < 1.29 is 19.1 Å². The molecule has 0 aliphatic carbocycles. The number of fused-ring (bicyclic) bond motifs is 1. The molecule has 1 saturated heterocycles. The molecule has 2 aromatic rings. The molecular weight excluding hydrogens is 346 g/mol. The molecule has 1 aromatic carbocycles. The van der Waals surface area contributed by atoms with Crippen LogP contribution in [0.25, 0.3) is 0 Å². The highest BCUT2D eigenvalue weighted by atomic mass is 16.6. The number of anilines is 2. The molecule has 2 aliphatic heterocycles. The van der Waals surface area contributed by atoms with Gasteiger partial charge in [-0.1, -0.05) is 18.2 Å². The van der Waals surface area contributed by atoms with Crippen molar-refractivity contribution in [3.8, 4) is 0 Å². The fraction of sp³-hybridized carbons (Fsp3) is 0.350. The number of ether oxygens (including phenoxy) is 2. The summed E-state index contributed by atoms with van der Waals surface area (Å²) >= 11 is 0. The number of cyclic esters (lactones) is 1. The van der Waals surface area contributed by atoms with Crippen LogP contribution in [0.2, 0.25) is 0 Å². The number of nitrogens with zero attached hydrogens (tertiary/aromatic N) is 2. The SMILES string of the molecule is CC1(C(=O)Nc2ccc(N3CCOCC3)nc2)Cc2ccccc2C(=O)O1. The standard InChI is InChI=1S/C20H21N3O4/c1-20(12-14-4-2-3-5-16(14)18(24)27-20)19(25)22-15-6-7-17(21-13-15)23-8-10-26-11-9-23/h2-7,13H,8-12H2,1H3,(H,22,25). The van der Waals surface area contributed by atoms with Crippen LogP contribution in [-0.2, 0) is 20.7 Å². The summed E-state index contributed by atoms with van der Waals surface area (Å²) in [7, 11) is 0. The topological polar surface area (TPSA) is 80.8 Å². The Morgan fingerprint density at radius 1 is 1.19 bits per heavy atom. The number of pyridine rings is 1. The summed E-state index contributed by atoms with van der Waals surface area (Å²) in [5, 5.41) is 2.81. The van der Waals surface area contributed by atoms with Gasteiger partial charge >= 0.3 is 5.97 Å². The Hall–Kier alpha value is -2.93. The average molecular weight is 367 g/mol. The number of carbonyl (C=O) groups excluding carboxylic acids is 2. The van der Waals surface area contributed by atoms with E-state index in [0.717, 1.165) is 24.5 Å². The summed E-state index contributed by atoms with van der Waals surface area (Å²) in [6.07, 6.45) is 1.95. The Kier molecular flexibility index (Phi) is 4.53. The number of amides is 1. The summed E-state index contributed by atoms with van der Waals surface area (Å²) in [5.41, 5.74) is 0.633. The van der Waals surface area contributed by atoms with E-state index in [1.807, 2.05) is 18.2 Å². The molecule has 140 valence electrons. The molecule has 1 amide bonds. The number of rotatable bonds is 3. The molecule has 1 fully saturated rings. The largest absolute Gasteiger partial charge is 0.445 e. The molecule has 7 nitrogen and oxygen atoms in total. The van der Waals surface area contributed by atoms with Crippen molar-refractivity contribution in [1.82, 2.24) is 4.98 Å². The molecule has 27 heavy (non-hydrogen) atoms. The van der Waals surface area contributed by atoms with E-state index in [4.69, 9.17) is 9.47 Å². The van der Waals surface area contributed by atoms with Crippen molar-refractivity contribution in [2.75, 3.05) is 36.5 Å². The molecule has 0 spiro atoms. The summed E-state index contributed by atoms with van der Waals surface area (Å²) < 4.78 is 10.8. The van der Waals surface area contributed by atoms with Crippen LogP contribution in [0, 0.1) is 0 Å². The number of hydrogen-bond donors (Lipinski definition) is 1. The zero-order valence-corrected chi connectivity index (χ0v) is 15.1. The zero-order chi connectivity index (χ0) is 18.9. The average Bonchev–Trinajstić information content (AvgIpc) is 2.69. The van der Waals surface area contributed by atoms with E-state index in [1.54, 1.807) is 31.3 Å². The Bertz CT molecular complexity index is 862. The monoisotopic (exact) mass is 367 g/mol. The molecule has 7 heteroatoms. The molecule has 3 heterocycles. The van der Waals surface area contributed by atoms with Gasteiger partial charge in [-0.05, 0) is 30.7 Å². The Balaban J connectivity index is 1.46. The fourth-order valence-corrected chi connectivity index (χ4v) is 3.36. The van der Waals surface area contributed by atoms with E-state index < -0.39 is 11.6 Å². The van der Waals surface area contributed by atoms with Gasteiger partial charge in [0.25, 0.3) is 5.91 Å². The molecule has 0 bridgehead atoms. The first kappa shape index (κ1) is 17.5. The van der Waals surface area contributed by atoms with Crippen molar-refractivity contribution in [3.05, 3.63) is 53.7 Å². The second kappa shape index (κ2) is 7.00. The van der Waals surface area contributed by atoms with Crippen LogP contribution in [0.5, 0.6) is 0 Å². The maximum atomic E-state index is 12.8. The van der Waals surface area contributed by atoms with E-state index in [-0.39, 0.29) is 5.91 Å². The van der Waals surface area contributed by atoms with Crippen LogP contribution in [0.3, 0.4) is 0 Å². The predicted molar refractivity (Wildman–Crippen MR) is 99.9 cm³/mol. The summed E-state index contributed by atoms with van der Waals surface area (Å²) in [4.78, 5) is 31.6. The highest BCUT2D eigenvalue weighted by Crippen LogP contribution is 2.29. The van der Waals surface area contributed by atoms with Crippen LogP contribution < -0.4 is 10.2 Å². The summed E-state index contributed by atoms with van der Waals surface area (Å²) in [6.45, 7) is 4.60. The zero-order valence-electron chi connectivity index (χ0n) is 15.1. The van der Waals surface area contributed by atoms with Gasteiger partial charge in [0.2, 0.25) is 0 Å². The first-order valence-electron chi connectivity index (χ1n) is 8.97.